The molecule has 6 nitrogen and oxygen atoms in total. The Morgan fingerprint density at radius 3 is 2.21 bits per heavy atom. The van der Waals surface area contributed by atoms with Crippen LogP contribution in [0.3, 0.4) is 0 Å². The minimum atomic E-state index is -0.238. The molecule has 0 saturated carbocycles. The second-order valence-corrected chi connectivity index (χ2v) is 6.69. The number of carbonyl (C=O) groups excluding carboxylic acids is 2. The summed E-state index contributed by atoms with van der Waals surface area (Å²) in [5, 5.41) is 5.73. The highest BCUT2D eigenvalue weighted by atomic mass is 16.5. The molecule has 28 heavy (non-hydrogen) atoms. The fourth-order valence-electron chi connectivity index (χ4n) is 2.70. The lowest BCUT2D eigenvalue weighted by atomic mass is 10.1. The number of anilines is 2. The van der Waals surface area contributed by atoms with E-state index in [0.717, 1.165) is 29.9 Å². The van der Waals surface area contributed by atoms with E-state index in [1.807, 2.05) is 62.9 Å². The van der Waals surface area contributed by atoms with Crippen LogP contribution in [0.1, 0.15) is 25.0 Å². The summed E-state index contributed by atoms with van der Waals surface area (Å²) >= 11 is 0. The maximum absolute atomic E-state index is 12.2. The molecule has 0 bridgehead atoms. The lowest BCUT2D eigenvalue weighted by molar-refractivity contribution is -0.118. The van der Waals surface area contributed by atoms with Crippen LogP contribution in [0.15, 0.2) is 42.5 Å². The first-order chi connectivity index (χ1) is 13.4. The third-order valence-corrected chi connectivity index (χ3v) is 4.44. The summed E-state index contributed by atoms with van der Waals surface area (Å²) in [6.45, 7) is 9.91. The van der Waals surface area contributed by atoms with Gasteiger partial charge < -0.3 is 15.4 Å². The molecule has 2 amide bonds. The number of ether oxygens (including phenoxy) is 1. The molecule has 0 spiro atoms. The normalized spacial score (nSPS) is 10.6. The van der Waals surface area contributed by atoms with Gasteiger partial charge in [-0.15, -0.1) is 0 Å². The van der Waals surface area contributed by atoms with Crippen LogP contribution in [-0.4, -0.2) is 43.0 Å². The van der Waals surface area contributed by atoms with Crippen molar-refractivity contribution in [3.8, 4) is 5.75 Å². The van der Waals surface area contributed by atoms with E-state index < -0.39 is 0 Å². The van der Waals surface area contributed by atoms with Crippen molar-refractivity contribution in [3.63, 3.8) is 0 Å². The van der Waals surface area contributed by atoms with Crippen molar-refractivity contribution in [3.05, 3.63) is 53.6 Å². The Labute approximate surface area is 166 Å². The van der Waals surface area contributed by atoms with Gasteiger partial charge in [-0.3, -0.25) is 14.5 Å². The molecular weight excluding hydrogens is 354 g/mol. The molecule has 0 aliphatic rings. The number of carbonyl (C=O) groups is 2. The van der Waals surface area contributed by atoms with Crippen LogP contribution in [-0.2, 0) is 9.59 Å². The summed E-state index contributed by atoms with van der Waals surface area (Å²) in [5.74, 6) is 0.372. The highest BCUT2D eigenvalue weighted by molar-refractivity contribution is 5.95. The van der Waals surface area contributed by atoms with Crippen LogP contribution in [0.25, 0.3) is 0 Å². The van der Waals surface area contributed by atoms with Gasteiger partial charge >= 0.3 is 0 Å². The molecule has 0 heterocycles. The Morgan fingerprint density at radius 2 is 1.61 bits per heavy atom. The average molecular weight is 383 g/mol. The Morgan fingerprint density at radius 1 is 0.929 bits per heavy atom. The van der Waals surface area contributed by atoms with Gasteiger partial charge in [-0.25, -0.2) is 0 Å². The second-order valence-electron chi connectivity index (χ2n) is 6.69. The summed E-state index contributed by atoms with van der Waals surface area (Å²) in [7, 11) is 0. The predicted molar refractivity (Wildman–Crippen MR) is 113 cm³/mol. The first-order valence-electron chi connectivity index (χ1n) is 9.53. The quantitative estimate of drug-likeness (QED) is 0.694. The minimum absolute atomic E-state index is 0.0462. The zero-order valence-electron chi connectivity index (χ0n) is 17.0. The third-order valence-electron chi connectivity index (χ3n) is 4.44. The number of hydrogen-bond donors (Lipinski definition) is 2. The van der Waals surface area contributed by atoms with Crippen molar-refractivity contribution in [2.75, 3.05) is 36.9 Å². The molecule has 150 valence electrons. The van der Waals surface area contributed by atoms with E-state index in [4.69, 9.17) is 4.74 Å². The maximum atomic E-state index is 12.2. The average Bonchev–Trinajstić information content (AvgIpc) is 2.68. The van der Waals surface area contributed by atoms with Crippen LogP contribution < -0.4 is 15.4 Å². The summed E-state index contributed by atoms with van der Waals surface area (Å²) in [6.07, 6.45) is 0. The molecule has 0 saturated heterocycles. The predicted octanol–water partition coefficient (Wildman–Crippen LogP) is 3.60. The van der Waals surface area contributed by atoms with Crippen molar-refractivity contribution in [1.82, 2.24) is 4.90 Å². The molecule has 6 heteroatoms. The maximum Gasteiger partial charge on any atom is 0.262 e. The highest BCUT2D eigenvalue weighted by Crippen LogP contribution is 2.20. The van der Waals surface area contributed by atoms with Crippen molar-refractivity contribution >= 4 is 23.2 Å². The van der Waals surface area contributed by atoms with Gasteiger partial charge in [0.15, 0.2) is 6.61 Å². The monoisotopic (exact) mass is 383 g/mol. The van der Waals surface area contributed by atoms with Gasteiger partial charge in [0.1, 0.15) is 5.75 Å². The molecular formula is C22H29N3O3. The van der Waals surface area contributed by atoms with E-state index in [2.05, 4.69) is 10.6 Å². The van der Waals surface area contributed by atoms with Crippen LogP contribution in [0.5, 0.6) is 5.75 Å². The van der Waals surface area contributed by atoms with Gasteiger partial charge in [0.25, 0.3) is 5.91 Å². The smallest absolute Gasteiger partial charge is 0.262 e. The van der Waals surface area contributed by atoms with Gasteiger partial charge in [0.05, 0.1) is 6.54 Å². The first kappa shape index (κ1) is 21.4. The van der Waals surface area contributed by atoms with Crippen LogP contribution >= 0.6 is 0 Å². The van der Waals surface area contributed by atoms with Gasteiger partial charge in [-0.2, -0.15) is 0 Å². The fraction of sp³-hybridized carbons (Fsp3) is 0.364. The Balaban J connectivity index is 1.87. The van der Waals surface area contributed by atoms with E-state index in [1.165, 1.54) is 0 Å². The fourth-order valence-corrected chi connectivity index (χ4v) is 2.70. The van der Waals surface area contributed by atoms with Gasteiger partial charge in [0, 0.05) is 11.4 Å². The van der Waals surface area contributed by atoms with Crippen LogP contribution in [0, 0.1) is 13.8 Å². The lowest BCUT2D eigenvalue weighted by Gasteiger charge is -2.18. The zero-order valence-corrected chi connectivity index (χ0v) is 17.0. The largest absolute Gasteiger partial charge is 0.484 e. The molecule has 0 aliphatic carbocycles. The van der Waals surface area contributed by atoms with Gasteiger partial charge in [-0.05, 0) is 62.8 Å². The lowest BCUT2D eigenvalue weighted by Crippen LogP contribution is -2.33. The summed E-state index contributed by atoms with van der Waals surface area (Å²) in [4.78, 5) is 26.3. The molecule has 2 rings (SSSR count). The molecule has 0 fully saturated rings. The molecule has 0 atom stereocenters. The summed E-state index contributed by atoms with van der Waals surface area (Å²) in [5.41, 5.74) is 3.42. The SMILES string of the molecule is CCN(CC)CC(=O)Nc1ccc(NC(=O)COc2ccc(C)cc2)cc1C. The zero-order chi connectivity index (χ0) is 20.5. The van der Waals surface area contributed by atoms with Crippen molar-refractivity contribution in [2.45, 2.75) is 27.7 Å². The van der Waals surface area contributed by atoms with Gasteiger partial charge in [0.2, 0.25) is 5.91 Å². The number of hydrogen-bond acceptors (Lipinski definition) is 4. The number of likely N-dealkylation sites (N-methyl/N-ethyl adjacent to an activating group) is 1. The molecule has 2 aromatic carbocycles. The highest BCUT2D eigenvalue weighted by Gasteiger charge is 2.10. The van der Waals surface area contributed by atoms with Crippen molar-refractivity contribution < 1.29 is 14.3 Å². The topological polar surface area (TPSA) is 70.7 Å². The van der Waals surface area contributed by atoms with Crippen molar-refractivity contribution in [1.29, 1.82) is 0 Å². The Hall–Kier alpha value is -2.86. The van der Waals surface area contributed by atoms with E-state index in [-0.39, 0.29) is 18.4 Å². The molecule has 0 aliphatic heterocycles. The van der Waals surface area contributed by atoms with E-state index in [0.29, 0.717) is 18.0 Å². The molecule has 0 unspecified atom stereocenters. The Kier molecular flexibility index (Phi) is 8.02. The number of rotatable bonds is 9. The van der Waals surface area contributed by atoms with E-state index in [1.54, 1.807) is 12.1 Å². The van der Waals surface area contributed by atoms with E-state index >= 15 is 0 Å². The van der Waals surface area contributed by atoms with Gasteiger partial charge in [-0.1, -0.05) is 31.5 Å². The number of benzene rings is 2. The molecule has 2 N–H and O–H groups in total. The number of nitrogens with one attached hydrogen (secondary N) is 2. The number of aryl methyl sites for hydroxylation is 2. The van der Waals surface area contributed by atoms with Crippen LogP contribution in [0.2, 0.25) is 0 Å². The third kappa shape index (κ3) is 6.70. The Bertz CT molecular complexity index is 799. The van der Waals surface area contributed by atoms with Crippen LogP contribution in [0.4, 0.5) is 11.4 Å². The summed E-state index contributed by atoms with van der Waals surface area (Å²) < 4.78 is 5.49. The van der Waals surface area contributed by atoms with E-state index in [9.17, 15) is 9.59 Å². The first-order valence-corrected chi connectivity index (χ1v) is 9.53. The molecule has 2 aromatic rings. The second kappa shape index (κ2) is 10.5. The summed E-state index contributed by atoms with van der Waals surface area (Å²) in [6, 6.07) is 12.9. The standard InChI is InChI=1S/C22H29N3O3/c1-5-25(6-2)14-21(26)24-20-12-9-18(13-17(20)4)23-22(27)15-28-19-10-7-16(3)8-11-19/h7-13H,5-6,14-15H2,1-4H3,(H,23,27)(H,24,26). The molecule has 0 aromatic heterocycles. The number of nitrogens with zero attached hydrogens (tertiary/aromatic N) is 1. The number of amides is 2. The minimum Gasteiger partial charge on any atom is -0.484 e. The molecule has 0 radical (unpaired) electrons. The van der Waals surface area contributed by atoms with Crippen molar-refractivity contribution in [2.24, 2.45) is 0 Å².